The molecule has 4 heteroatoms. The Morgan fingerprint density at radius 3 is 2.38 bits per heavy atom. The summed E-state index contributed by atoms with van der Waals surface area (Å²) in [5.41, 5.74) is 1.44. The SMILES string of the molecule is O=C([C@H]1CCCN(C2CCN(CCc3ccccc3)CC2)C1)N1CCC1. The van der Waals surface area contributed by atoms with Crippen LogP contribution in [0.4, 0.5) is 0 Å². The number of hydrogen-bond donors (Lipinski definition) is 0. The summed E-state index contributed by atoms with van der Waals surface area (Å²) >= 11 is 0. The summed E-state index contributed by atoms with van der Waals surface area (Å²) in [6.07, 6.45) is 7.17. The minimum Gasteiger partial charge on any atom is -0.342 e. The second kappa shape index (κ2) is 8.53. The lowest BCUT2D eigenvalue weighted by Gasteiger charge is -2.43. The van der Waals surface area contributed by atoms with E-state index in [-0.39, 0.29) is 5.92 Å². The average Bonchev–Trinajstić information content (AvgIpc) is 2.66. The van der Waals surface area contributed by atoms with Gasteiger partial charge in [-0.05, 0) is 63.7 Å². The van der Waals surface area contributed by atoms with Crippen LogP contribution in [0.1, 0.15) is 37.7 Å². The zero-order valence-corrected chi connectivity index (χ0v) is 16.0. The Balaban J connectivity index is 1.22. The molecule has 1 atom stereocenters. The third-order valence-electron chi connectivity index (χ3n) is 6.60. The lowest BCUT2D eigenvalue weighted by atomic mass is 9.92. The molecular formula is C22H33N3O. The van der Waals surface area contributed by atoms with E-state index in [0.29, 0.717) is 11.9 Å². The van der Waals surface area contributed by atoms with Crippen LogP contribution < -0.4 is 0 Å². The lowest BCUT2D eigenvalue weighted by molar-refractivity contribution is -0.141. The van der Waals surface area contributed by atoms with E-state index in [1.165, 1.54) is 57.4 Å². The van der Waals surface area contributed by atoms with Gasteiger partial charge in [0.2, 0.25) is 5.91 Å². The van der Waals surface area contributed by atoms with E-state index in [0.717, 1.165) is 32.5 Å². The van der Waals surface area contributed by atoms with Gasteiger partial charge in [0.05, 0.1) is 5.92 Å². The van der Waals surface area contributed by atoms with Crippen LogP contribution in [-0.4, -0.2) is 72.5 Å². The predicted molar refractivity (Wildman–Crippen MR) is 105 cm³/mol. The van der Waals surface area contributed by atoms with Crippen LogP contribution in [0.5, 0.6) is 0 Å². The van der Waals surface area contributed by atoms with Crippen molar-refractivity contribution < 1.29 is 4.79 Å². The Morgan fingerprint density at radius 2 is 1.69 bits per heavy atom. The number of nitrogens with zero attached hydrogens (tertiary/aromatic N) is 3. The molecule has 3 heterocycles. The van der Waals surface area contributed by atoms with Crippen LogP contribution in [0.15, 0.2) is 30.3 Å². The first-order valence-corrected chi connectivity index (χ1v) is 10.6. The third-order valence-corrected chi connectivity index (χ3v) is 6.60. The molecule has 4 nitrogen and oxygen atoms in total. The average molecular weight is 356 g/mol. The molecule has 3 saturated heterocycles. The summed E-state index contributed by atoms with van der Waals surface area (Å²) in [5, 5.41) is 0. The van der Waals surface area contributed by atoms with Gasteiger partial charge in [0, 0.05) is 32.2 Å². The molecule has 1 aromatic rings. The molecule has 3 aliphatic rings. The first-order valence-electron chi connectivity index (χ1n) is 10.6. The maximum Gasteiger partial charge on any atom is 0.226 e. The fourth-order valence-electron chi connectivity index (χ4n) is 4.77. The Hall–Kier alpha value is -1.39. The fourth-order valence-corrected chi connectivity index (χ4v) is 4.77. The first-order chi connectivity index (χ1) is 12.8. The third kappa shape index (κ3) is 4.29. The Labute approximate surface area is 158 Å². The molecule has 0 radical (unpaired) electrons. The van der Waals surface area contributed by atoms with Gasteiger partial charge >= 0.3 is 0 Å². The van der Waals surface area contributed by atoms with Gasteiger partial charge in [-0.3, -0.25) is 9.69 Å². The van der Waals surface area contributed by atoms with E-state index in [9.17, 15) is 4.79 Å². The number of likely N-dealkylation sites (tertiary alicyclic amines) is 3. The molecule has 0 N–H and O–H groups in total. The standard InChI is InChI=1S/C22H33N3O/c26-22(24-13-5-14-24)20-8-4-12-25(18-20)21-10-16-23(17-11-21)15-9-19-6-2-1-3-7-19/h1-3,6-7,20-21H,4-5,8-18H2/t20-/m0/s1. The topological polar surface area (TPSA) is 26.8 Å². The van der Waals surface area contributed by atoms with Crippen LogP contribution in [0.3, 0.4) is 0 Å². The van der Waals surface area contributed by atoms with Gasteiger partial charge in [0.15, 0.2) is 0 Å². The molecule has 3 fully saturated rings. The predicted octanol–water partition coefficient (Wildman–Crippen LogP) is 2.64. The maximum absolute atomic E-state index is 12.6. The van der Waals surface area contributed by atoms with Gasteiger partial charge in [0.1, 0.15) is 0 Å². The first kappa shape index (κ1) is 18.0. The maximum atomic E-state index is 12.6. The van der Waals surface area contributed by atoms with Crippen molar-refractivity contribution >= 4 is 5.91 Å². The fraction of sp³-hybridized carbons (Fsp3) is 0.682. The molecule has 26 heavy (non-hydrogen) atoms. The Bertz CT molecular complexity index is 578. The minimum absolute atomic E-state index is 0.264. The van der Waals surface area contributed by atoms with Crippen molar-refractivity contribution in [3.8, 4) is 0 Å². The van der Waals surface area contributed by atoms with Crippen molar-refractivity contribution in [2.45, 2.75) is 44.6 Å². The number of rotatable bonds is 5. The van der Waals surface area contributed by atoms with E-state index >= 15 is 0 Å². The van der Waals surface area contributed by atoms with Gasteiger partial charge in [-0.1, -0.05) is 30.3 Å². The van der Waals surface area contributed by atoms with Crippen molar-refractivity contribution in [1.82, 2.24) is 14.7 Å². The van der Waals surface area contributed by atoms with E-state index in [1.54, 1.807) is 0 Å². The monoisotopic (exact) mass is 355 g/mol. The Morgan fingerprint density at radius 1 is 0.923 bits per heavy atom. The van der Waals surface area contributed by atoms with Gasteiger partial charge in [-0.15, -0.1) is 0 Å². The molecule has 0 aromatic heterocycles. The van der Waals surface area contributed by atoms with Crippen molar-refractivity contribution in [3.05, 3.63) is 35.9 Å². The highest BCUT2D eigenvalue weighted by Gasteiger charge is 2.34. The van der Waals surface area contributed by atoms with Crippen LogP contribution >= 0.6 is 0 Å². The molecule has 1 amide bonds. The highest BCUT2D eigenvalue weighted by atomic mass is 16.2. The molecule has 0 bridgehead atoms. The van der Waals surface area contributed by atoms with Crippen molar-refractivity contribution in [2.75, 3.05) is 45.8 Å². The zero-order valence-electron chi connectivity index (χ0n) is 16.0. The largest absolute Gasteiger partial charge is 0.342 e. The number of hydrogen-bond acceptors (Lipinski definition) is 3. The molecule has 4 rings (SSSR count). The van der Waals surface area contributed by atoms with E-state index in [4.69, 9.17) is 0 Å². The van der Waals surface area contributed by atoms with E-state index in [1.807, 2.05) is 0 Å². The van der Waals surface area contributed by atoms with Crippen molar-refractivity contribution in [3.63, 3.8) is 0 Å². The van der Waals surface area contributed by atoms with Crippen LogP contribution in [0, 0.1) is 5.92 Å². The summed E-state index contributed by atoms with van der Waals surface area (Å²) < 4.78 is 0. The number of amides is 1. The summed E-state index contributed by atoms with van der Waals surface area (Å²) in [4.78, 5) is 19.9. The Kier molecular flexibility index (Phi) is 5.91. The van der Waals surface area contributed by atoms with Crippen LogP contribution in [-0.2, 0) is 11.2 Å². The van der Waals surface area contributed by atoms with Gasteiger partial charge in [-0.25, -0.2) is 0 Å². The smallest absolute Gasteiger partial charge is 0.226 e. The van der Waals surface area contributed by atoms with E-state index in [2.05, 4.69) is 45.0 Å². The van der Waals surface area contributed by atoms with Crippen molar-refractivity contribution in [1.29, 1.82) is 0 Å². The number of piperidine rings is 2. The zero-order chi connectivity index (χ0) is 17.8. The quantitative estimate of drug-likeness (QED) is 0.812. The molecular weight excluding hydrogens is 322 g/mol. The molecule has 0 unspecified atom stereocenters. The van der Waals surface area contributed by atoms with Crippen LogP contribution in [0.25, 0.3) is 0 Å². The second-order valence-electron chi connectivity index (χ2n) is 8.32. The molecule has 0 spiro atoms. The van der Waals surface area contributed by atoms with E-state index < -0.39 is 0 Å². The number of carbonyl (C=O) groups is 1. The molecule has 142 valence electrons. The van der Waals surface area contributed by atoms with Crippen molar-refractivity contribution in [2.24, 2.45) is 5.92 Å². The number of carbonyl (C=O) groups excluding carboxylic acids is 1. The highest BCUT2D eigenvalue weighted by molar-refractivity contribution is 5.79. The van der Waals surface area contributed by atoms with Gasteiger partial charge < -0.3 is 9.80 Å². The molecule has 3 aliphatic heterocycles. The second-order valence-corrected chi connectivity index (χ2v) is 8.32. The molecule has 0 aliphatic carbocycles. The van der Waals surface area contributed by atoms with Crippen LogP contribution in [0.2, 0.25) is 0 Å². The lowest BCUT2D eigenvalue weighted by Crippen LogP contribution is -2.53. The molecule has 0 saturated carbocycles. The normalized spacial score (nSPS) is 25.8. The molecule has 1 aromatic carbocycles. The summed E-state index contributed by atoms with van der Waals surface area (Å²) in [6.45, 7) is 7.77. The highest BCUT2D eigenvalue weighted by Crippen LogP contribution is 2.26. The number of benzene rings is 1. The summed E-state index contributed by atoms with van der Waals surface area (Å²) in [6, 6.07) is 11.5. The summed E-state index contributed by atoms with van der Waals surface area (Å²) in [5.74, 6) is 0.696. The minimum atomic E-state index is 0.264. The summed E-state index contributed by atoms with van der Waals surface area (Å²) in [7, 11) is 0. The van der Waals surface area contributed by atoms with Gasteiger partial charge in [-0.2, -0.15) is 0 Å². The van der Waals surface area contributed by atoms with Gasteiger partial charge in [0.25, 0.3) is 0 Å².